The highest BCUT2D eigenvalue weighted by molar-refractivity contribution is 5.21. The molecule has 0 amide bonds. The van der Waals surface area contributed by atoms with Gasteiger partial charge in [0.1, 0.15) is 0 Å². The third-order valence-electron chi connectivity index (χ3n) is 3.57. The third-order valence-corrected chi connectivity index (χ3v) is 3.57. The second-order valence-electron chi connectivity index (χ2n) is 5.05. The summed E-state index contributed by atoms with van der Waals surface area (Å²) in [6, 6.07) is 5.36. The minimum Gasteiger partial charge on any atom is -0.292 e. The zero-order chi connectivity index (χ0) is 11.5. The van der Waals surface area contributed by atoms with Crippen LogP contribution in [0.25, 0.3) is 0 Å². The van der Waals surface area contributed by atoms with E-state index in [4.69, 9.17) is 0 Å². The fourth-order valence-electron chi connectivity index (χ4n) is 2.71. The van der Waals surface area contributed by atoms with Crippen molar-refractivity contribution in [2.75, 3.05) is 6.54 Å². The molecule has 1 saturated heterocycles. The fourth-order valence-corrected chi connectivity index (χ4v) is 2.71. The molecule has 0 radical (unpaired) electrons. The minimum atomic E-state index is 0.537. The molecule has 2 nitrogen and oxygen atoms in total. The monoisotopic (exact) mass is 218 g/mol. The van der Waals surface area contributed by atoms with Gasteiger partial charge in [-0.25, -0.2) is 0 Å². The van der Waals surface area contributed by atoms with E-state index in [0.29, 0.717) is 12.1 Å². The zero-order valence-corrected chi connectivity index (χ0v) is 10.6. The zero-order valence-electron chi connectivity index (χ0n) is 10.6. The third kappa shape index (κ3) is 2.27. The first-order valence-electron chi connectivity index (χ1n) is 6.37. The van der Waals surface area contributed by atoms with E-state index in [1.54, 1.807) is 0 Å². The van der Waals surface area contributed by atoms with Crippen LogP contribution in [0.4, 0.5) is 0 Å². The van der Waals surface area contributed by atoms with Crippen molar-refractivity contribution in [2.45, 2.75) is 52.1 Å². The maximum Gasteiger partial charge on any atom is 0.0604 e. The molecule has 2 heteroatoms. The molecule has 0 spiro atoms. The van der Waals surface area contributed by atoms with Gasteiger partial charge >= 0.3 is 0 Å². The summed E-state index contributed by atoms with van der Waals surface area (Å²) in [7, 11) is 0. The number of aryl methyl sites for hydroxylation is 1. The second kappa shape index (κ2) is 4.96. The van der Waals surface area contributed by atoms with Gasteiger partial charge in [0.15, 0.2) is 0 Å². The van der Waals surface area contributed by atoms with E-state index >= 15 is 0 Å². The Kier molecular flexibility index (Phi) is 3.59. The molecule has 0 saturated carbocycles. The van der Waals surface area contributed by atoms with Crippen molar-refractivity contribution in [3.8, 4) is 0 Å². The van der Waals surface area contributed by atoms with Crippen molar-refractivity contribution in [1.29, 1.82) is 0 Å². The standard InChI is InChI=1S/C14H22N2/c1-11(2)16-10-5-4-8-13(16)14-12(3)7-6-9-15-14/h6-7,9,11,13H,4-5,8,10H2,1-3H3/t13-/m1/s1. The molecule has 1 aromatic heterocycles. The normalized spacial score (nSPS) is 22.6. The summed E-state index contributed by atoms with van der Waals surface area (Å²) in [5.74, 6) is 0. The number of hydrogen-bond acceptors (Lipinski definition) is 2. The molecule has 1 fully saturated rings. The van der Waals surface area contributed by atoms with Crippen LogP contribution in [-0.4, -0.2) is 22.5 Å². The largest absolute Gasteiger partial charge is 0.292 e. The number of rotatable bonds is 2. The highest BCUT2D eigenvalue weighted by atomic mass is 15.2. The van der Waals surface area contributed by atoms with Gasteiger partial charge in [0.2, 0.25) is 0 Å². The molecule has 16 heavy (non-hydrogen) atoms. The van der Waals surface area contributed by atoms with E-state index in [2.05, 4.69) is 36.7 Å². The van der Waals surface area contributed by atoms with Crippen LogP contribution in [0, 0.1) is 6.92 Å². The van der Waals surface area contributed by atoms with Crippen molar-refractivity contribution in [2.24, 2.45) is 0 Å². The molecule has 1 atom stereocenters. The van der Waals surface area contributed by atoms with Crippen LogP contribution in [0.5, 0.6) is 0 Å². The van der Waals surface area contributed by atoms with Gasteiger partial charge in [0, 0.05) is 12.2 Å². The molecular formula is C14H22N2. The first-order valence-corrected chi connectivity index (χ1v) is 6.37. The maximum atomic E-state index is 4.59. The Morgan fingerprint density at radius 3 is 2.88 bits per heavy atom. The van der Waals surface area contributed by atoms with E-state index in [1.165, 1.54) is 37.1 Å². The number of likely N-dealkylation sites (tertiary alicyclic amines) is 1. The van der Waals surface area contributed by atoms with Crippen molar-refractivity contribution in [3.05, 3.63) is 29.6 Å². The summed E-state index contributed by atoms with van der Waals surface area (Å²) >= 11 is 0. The van der Waals surface area contributed by atoms with Crippen molar-refractivity contribution < 1.29 is 0 Å². The fraction of sp³-hybridized carbons (Fsp3) is 0.643. The number of piperidine rings is 1. The summed E-state index contributed by atoms with van der Waals surface area (Å²) in [6.45, 7) is 7.97. The predicted octanol–water partition coefficient (Wildman–Crippen LogP) is 3.33. The van der Waals surface area contributed by atoms with E-state index in [1.807, 2.05) is 12.3 Å². The van der Waals surface area contributed by atoms with Gasteiger partial charge in [-0.05, 0) is 51.8 Å². The summed E-state index contributed by atoms with van der Waals surface area (Å²) < 4.78 is 0. The lowest BCUT2D eigenvalue weighted by molar-refractivity contribution is 0.109. The minimum absolute atomic E-state index is 0.537. The van der Waals surface area contributed by atoms with Crippen molar-refractivity contribution in [1.82, 2.24) is 9.88 Å². The van der Waals surface area contributed by atoms with Crippen LogP contribution in [0.2, 0.25) is 0 Å². The Morgan fingerprint density at radius 2 is 2.19 bits per heavy atom. The lowest BCUT2D eigenvalue weighted by Gasteiger charge is -2.38. The molecule has 0 unspecified atom stereocenters. The lowest BCUT2D eigenvalue weighted by Crippen LogP contribution is -2.39. The first kappa shape index (κ1) is 11.6. The van der Waals surface area contributed by atoms with Gasteiger partial charge < -0.3 is 0 Å². The van der Waals surface area contributed by atoms with Gasteiger partial charge in [-0.15, -0.1) is 0 Å². The summed E-state index contributed by atoms with van der Waals surface area (Å²) in [5, 5.41) is 0. The molecular weight excluding hydrogens is 196 g/mol. The molecule has 1 aromatic rings. The number of aromatic nitrogens is 1. The van der Waals surface area contributed by atoms with Gasteiger partial charge in [-0.1, -0.05) is 12.5 Å². The molecule has 1 aliphatic heterocycles. The van der Waals surface area contributed by atoms with Crippen molar-refractivity contribution >= 4 is 0 Å². The second-order valence-corrected chi connectivity index (χ2v) is 5.05. The van der Waals surface area contributed by atoms with Crippen LogP contribution in [0.3, 0.4) is 0 Å². The summed E-state index contributed by atoms with van der Waals surface area (Å²) in [4.78, 5) is 7.19. The van der Waals surface area contributed by atoms with E-state index < -0.39 is 0 Å². The van der Waals surface area contributed by atoms with Gasteiger partial charge in [0.05, 0.1) is 11.7 Å². The average Bonchev–Trinajstić information content (AvgIpc) is 2.29. The Morgan fingerprint density at radius 1 is 1.38 bits per heavy atom. The van der Waals surface area contributed by atoms with Gasteiger partial charge in [-0.2, -0.15) is 0 Å². The summed E-state index contributed by atoms with van der Waals surface area (Å²) in [6.07, 6.45) is 5.86. The average molecular weight is 218 g/mol. The molecule has 0 N–H and O–H groups in total. The van der Waals surface area contributed by atoms with E-state index in [9.17, 15) is 0 Å². The van der Waals surface area contributed by atoms with E-state index in [-0.39, 0.29) is 0 Å². The Labute approximate surface area is 98.7 Å². The van der Waals surface area contributed by atoms with Crippen LogP contribution < -0.4 is 0 Å². The Hall–Kier alpha value is -0.890. The number of hydrogen-bond donors (Lipinski definition) is 0. The molecule has 0 bridgehead atoms. The highest BCUT2D eigenvalue weighted by Gasteiger charge is 2.27. The van der Waals surface area contributed by atoms with Crippen LogP contribution in [-0.2, 0) is 0 Å². The van der Waals surface area contributed by atoms with Crippen molar-refractivity contribution in [3.63, 3.8) is 0 Å². The van der Waals surface area contributed by atoms with Gasteiger partial charge in [-0.3, -0.25) is 9.88 Å². The van der Waals surface area contributed by atoms with Crippen LogP contribution in [0.1, 0.15) is 50.4 Å². The Balaban J connectivity index is 2.27. The first-order chi connectivity index (χ1) is 7.70. The Bertz CT molecular complexity index is 346. The maximum absolute atomic E-state index is 4.59. The molecule has 0 aliphatic carbocycles. The topological polar surface area (TPSA) is 16.1 Å². The molecule has 2 rings (SSSR count). The van der Waals surface area contributed by atoms with Crippen LogP contribution >= 0.6 is 0 Å². The van der Waals surface area contributed by atoms with Gasteiger partial charge in [0.25, 0.3) is 0 Å². The molecule has 2 heterocycles. The SMILES string of the molecule is Cc1cccnc1[C@H]1CCCCN1C(C)C. The molecule has 0 aromatic carbocycles. The predicted molar refractivity (Wildman–Crippen MR) is 67.4 cm³/mol. The quantitative estimate of drug-likeness (QED) is 0.757. The molecule has 88 valence electrons. The molecule has 1 aliphatic rings. The number of pyridine rings is 1. The number of nitrogens with zero attached hydrogens (tertiary/aromatic N) is 2. The lowest BCUT2D eigenvalue weighted by atomic mass is 9.95. The summed E-state index contributed by atoms with van der Waals surface area (Å²) in [5.41, 5.74) is 2.62. The van der Waals surface area contributed by atoms with E-state index in [0.717, 1.165) is 0 Å². The van der Waals surface area contributed by atoms with Crippen LogP contribution in [0.15, 0.2) is 18.3 Å². The highest BCUT2D eigenvalue weighted by Crippen LogP contribution is 2.32. The smallest absolute Gasteiger partial charge is 0.0604 e.